The van der Waals surface area contributed by atoms with Gasteiger partial charge in [-0.25, -0.2) is 0 Å². The second kappa shape index (κ2) is 7.46. The molecule has 0 bridgehead atoms. The highest BCUT2D eigenvalue weighted by molar-refractivity contribution is 7.98. The molecule has 0 amide bonds. The second-order valence-corrected chi connectivity index (χ2v) is 8.31. The van der Waals surface area contributed by atoms with Gasteiger partial charge in [-0.3, -0.25) is 0 Å². The molecular weight excluding hydrogens is 370 g/mol. The zero-order valence-corrected chi connectivity index (χ0v) is 17.5. The Hall–Kier alpha value is -2.97. The molecule has 1 aliphatic heterocycles. The van der Waals surface area contributed by atoms with Crippen LogP contribution >= 0.6 is 11.8 Å². The fourth-order valence-electron chi connectivity index (χ4n) is 4.33. The smallest absolute Gasteiger partial charge is 0.0493 e. The second-order valence-electron chi connectivity index (χ2n) is 7.46. The number of anilines is 2. The van der Waals surface area contributed by atoms with Crippen LogP contribution in [0.3, 0.4) is 0 Å². The van der Waals surface area contributed by atoms with E-state index in [0.717, 1.165) is 6.54 Å². The van der Waals surface area contributed by atoms with E-state index in [2.05, 4.69) is 109 Å². The molecule has 0 aliphatic carbocycles. The summed E-state index contributed by atoms with van der Waals surface area (Å²) >= 11 is 1.80. The first kappa shape index (κ1) is 18.1. The average molecular weight is 394 g/mol. The van der Waals surface area contributed by atoms with Crippen molar-refractivity contribution in [3.8, 4) is 22.3 Å². The highest BCUT2D eigenvalue weighted by Crippen LogP contribution is 2.43. The van der Waals surface area contributed by atoms with E-state index in [1.807, 2.05) is 0 Å². The first-order valence-electron chi connectivity index (χ1n) is 9.95. The molecule has 0 saturated heterocycles. The van der Waals surface area contributed by atoms with Crippen LogP contribution in [0.4, 0.5) is 11.4 Å². The van der Waals surface area contributed by atoms with Crippen LogP contribution in [-0.2, 0) is 6.54 Å². The van der Waals surface area contributed by atoms with Gasteiger partial charge in [0.05, 0.1) is 0 Å². The predicted molar refractivity (Wildman–Crippen MR) is 126 cm³/mol. The van der Waals surface area contributed by atoms with Gasteiger partial charge in [-0.1, -0.05) is 66.7 Å². The van der Waals surface area contributed by atoms with E-state index in [0.29, 0.717) is 0 Å². The van der Waals surface area contributed by atoms with Crippen LogP contribution in [0.1, 0.15) is 11.1 Å². The summed E-state index contributed by atoms with van der Waals surface area (Å²) < 4.78 is 0. The number of rotatable bonds is 3. The Balaban J connectivity index is 1.60. The normalized spacial score (nSPS) is 12.4. The monoisotopic (exact) mass is 393 g/mol. The Morgan fingerprint density at radius 3 is 2.17 bits per heavy atom. The SMILES string of the molecule is CSc1ccccc1-c1ccc(N2Cc3ccccc3-c3ccccc32)cc1C. The Labute approximate surface area is 177 Å². The van der Waals surface area contributed by atoms with Gasteiger partial charge in [-0.15, -0.1) is 11.8 Å². The van der Waals surface area contributed by atoms with E-state index < -0.39 is 0 Å². The quantitative estimate of drug-likeness (QED) is 0.328. The lowest BCUT2D eigenvalue weighted by molar-refractivity contribution is 0.960. The molecule has 0 N–H and O–H groups in total. The number of nitrogens with zero attached hydrogens (tertiary/aromatic N) is 1. The molecule has 2 heteroatoms. The van der Waals surface area contributed by atoms with Gasteiger partial charge >= 0.3 is 0 Å². The summed E-state index contributed by atoms with van der Waals surface area (Å²) in [7, 11) is 0. The number of aryl methyl sites for hydroxylation is 1. The summed E-state index contributed by atoms with van der Waals surface area (Å²) in [5.41, 5.74) is 10.5. The van der Waals surface area contributed by atoms with Crippen LogP contribution in [0.5, 0.6) is 0 Å². The molecule has 0 spiro atoms. The van der Waals surface area contributed by atoms with Gasteiger partial charge in [-0.2, -0.15) is 0 Å². The summed E-state index contributed by atoms with van der Waals surface area (Å²) in [5, 5.41) is 0. The topological polar surface area (TPSA) is 3.24 Å². The molecular formula is C27H23NS. The standard InChI is InChI=1S/C27H23NS/c1-19-17-21(15-16-22(19)25-12-6-8-14-27(25)29-2)28-18-20-9-3-4-10-23(20)24-11-5-7-13-26(24)28/h3-17H,18H2,1-2H3. The molecule has 29 heavy (non-hydrogen) atoms. The minimum absolute atomic E-state index is 0.896. The van der Waals surface area contributed by atoms with E-state index in [1.165, 1.54) is 49.7 Å². The van der Waals surface area contributed by atoms with Gasteiger partial charge in [0.1, 0.15) is 0 Å². The van der Waals surface area contributed by atoms with E-state index >= 15 is 0 Å². The van der Waals surface area contributed by atoms with Crippen molar-refractivity contribution >= 4 is 23.1 Å². The maximum Gasteiger partial charge on any atom is 0.0493 e. The summed E-state index contributed by atoms with van der Waals surface area (Å²) in [6, 6.07) is 33.0. The molecule has 5 rings (SSSR count). The number of thioether (sulfide) groups is 1. The average Bonchev–Trinajstić information content (AvgIpc) is 2.78. The molecule has 0 unspecified atom stereocenters. The van der Waals surface area contributed by atoms with Crippen LogP contribution in [0.2, 0.25) is 0 Å². The van der Waals surface area contributed by atoms with Crippen LogP contribution < -0.4 is 4.90 Å². The number of para-hydroxylation sites is 1. The Bertz CT molecular complexity index is 1190. The number of benzene rings is 4. The van der Waals surface area contributed by atoms with Gasteiger partial charge in [0.25, 0.3) is 0 Å². The molecule has 1 heterocycles. The molecule has 0 aromatic heterocycles. The van der Waals surface area contributed by atoms with Crippen LogP contribution in [0.15, 0.2) is 95.9 Å². The predicted octanol–water partition coefficient (Wildman–Crippen LogP) is 7.70. The maximum absolute atomic E-state index is 2.44. The molecule has 142 valence electrons. The van der Waals surface area contributed by atoms with Gasteiger partial charge in [0, 0.05) is 28.4 Å². The third-order valence-corrected chi connectivity index (χ3v) is 6.55. The minimum atomic E-state index is 0.896. The zero-order chi connectivity index (χ0) is 19.8. The van der Waals surface area contributed by atoms with Crippen molar-refractivity contribution in [1.29, 1.82) is 0 Å². The maximum atomic E-state index is 2.44. The molecule has 1 aliphatic rings. The van der Waals surface area contributed by atoms with Gasteiger partial charge in [0.15, 0.2) is 0 Å². The van der Waals surface area contributed by atoms with Gasteiger partial charge < -0.3 is 4.90 Å². The molecule has 4 aromatic carbocycles. The Morgan fingerprint density at radius 1 is 0.690 bits per heavy atom. The lowest BCUT2D eigenvalue weighted by atomic mass is 9.92. The van der Waals surface area contributed by atoms with Crippen LogP contribution in [-0.4, -0.2) is 6.26 Å². The summed E-state index contributed by atoms with van der Waals surface area (Å²) in [4.78, 5) is 3.76. The van der Waals surface area contributed by atoms with Crippen LogP contribution in [0.25, 0.3) is 22.3 Å². The van der Waals surface area contributed by atoms with E-state index in [9.17, 15) is 0 Å². The summed E-state index contributed by atoms with van der Waals surface area (Å²) in [6.07, 6.45) is 2.14. The minimum Gasteiger partial charge on any atom is -0.336 e. The number of hydrogen-bond donors (Lipinski definition) is 0. The fraction of sp³-hybridized carbons (Fsp3) is 0.111. The van der Waals surface area contributed by atoms with Crippen molar-refractivity contribution < 1.29 is 0 Å². The van der Waals surface area contributed by atoms with Gasteiger partial charge in [-0.05, 0) is 65.3 Å². The Kier molecular flexibility index (Phi) is 4.65. The van der Waals surface area contributed by atoms with Crippen LogP contribution in [0, 0.1) is 6.92 Å². The lowest BCUT2D eigenvalue weighted by Gasteiger charge is -2.33. The van der Waals surface area contributed by atoms with Crippen molar-refractivity contribution in [1.82, 2.24) is 0 Å². The summed E-state index contributed by atoms with van der Waals surface area (Å²) in [6.45, 7) is 3.12. The Morgan fingerprint density at radius 2 is 1.38 bits per heavy atom. The fourth-order valence-corrected chi connectivity index (χ4v) is 4.94. The molecule has 0 fully saturated rings. The highest BCUT2D eigenvalue weighted by Gasteiger charge is 2.22. The molecule has 1 nitrogen and oxygen atoms in total. The lowest BCUT2D eigenvalue weighted by Crippen LogP contribution is -2.21. The van der Waals surface area contributed by atoms with E-state index in [-0.39, 0.29) is 0 Å². The molecule has 0 radical (unpaired) electrons. The largest absolute Gasteiger partial charge is 0.336 e. The summed E-state index contributed by atoms with van der Waals surface area (Å²) in [5.74, 6) is 0. The zero-order valence-electron chi connectivity index (χ0n) is 16.7. The number of fused-ring (bicyclic) bond motifs is 3. The molecule has 0 atom stereocenters. The third-order valence-electron chi connectivity index (χ3n) is 5.75. The van der Waals surface area contributed by atoms with Crippen molar-refractivity contribution in [2.45, 2.75) is 18.4 Å². The van der Waals surface area contributed by atoms with Crippen molar-refractivity contribution in [2.75, 3.05) is 11.2 Å². The van der Waals surface area contributed by atoms with E-state index in [1.54, 1.807) is 11.8 Å². The third kappa shape index (κ3) is 3.14. The van der Waals surface area contributed by atoms with Gasteiger partial charge in [0.2, 0.25) is 0 Å². The molecule has 0 saturated carbocycles. The van der Waals surface area contributed by atoms with Crippen molar-refractivity contribution in [2.24, 2.45) is 0 Å². The highest BCUT2D eigenvalue weighted by atomic mass is 32.2. The van der Waals surface area contributed by atoms with Crippen molar-refractivity contribution in [3.05, 3.63) is 102 Å². The van der Waals surface area contributed by atoms with E-state index in [4.69, 9.17) is 0 Å². The van der Waals surface area contributed by atoms with Crippen molar-refractivity contribution in [3.63, 3.8) is 0 Å². The molecule has 4 aromatic rings. The first-order valence-corrected chi connectivity index (χ1v) is 11.2. The first-order chi connectivity index (χ1) is 14.3. The number of hydrogen-bond acceptors (Lipinski definition) is 2.